The predicted octanol–water partition coefficient (Wildman–Crippen LogP) is 14.5. The topological polar surface area (TPSA) is 48.5 Å². The molecule has 0 N–H and O–H groups in total. The molecule has 3 heterocycles. The van der Waals surface area contributed by atoms with E-state index in [1.807, 2.05) is 0 Å². The minimum Gasteiger partial charge on any atom is -0.309 e. The second-order valence-corrected chi connectivity index (χ2v) is 16.0. The molecule has 0 aliphatic heterocycles. The molecule has 0 saturated heterocycles. The second kappa shape index (κ2) is 13.6. The maximum Gasteiger partial charge on any atom is 0.164 e. The number of aromatic nitrogens is 5. The lowest BCUT2D eigenvalue weighted by molar-refractivity contribution is 1.08. The fourth-order valence-electron chi connectivity index (χ4n) is 9.68. The lowest BCUT2D eigenvalue weighted by Crippen LogP contribution is -2.02. The van der Waals surface area contributed by atoms with E-state index in [1.54, 1.807) is 0 Å². The molecule has 0 unspecified atom stereocenters. The first kappa shape index (κ1) is 34.5. The van der Waals surface area contributed by atoms with Crippen molar-refractivity contribution in [1.82, 2.24) is 24.1 Å². The third kappa shape index (κ3) is 5.32. The summed E-state index contributed by atoms with van der Waals surface area (Å²) < 4.78 is 4.74. The monoisotopic (exact) mass is 789 g/mol. The zero-order valence-electron chi connectivity index (χ0n) is 33.4. The molecule has 13 aromatic rings. The Kier molecular flexibility index (Phi) is 7.54. The molecule has 62 heavy (non-hydrogen) atoms. The highest BCUT2D eigenvalue weighted by Crippen LogP contribution is 2.41. The van der Waals surface area contributed by atoms with Gasteiger partial charge in [0.05, 0.1) is 22.1 Å². The smallest absolute Gasteiger partial charge is 0.164 e. The van der Waals surface area contributed by atoms with E-state index < -0.39 is 0 Å². The van der Waals surface area contributed by atoms with E-state index in [0.717, 1.165) is 77.1 Å². The van der Waals surface area contributed by atoms with Crippen LogP contribution in [0.15, 0.2) is 212 Å². The maximum atomic E-state index is 5.50. The molecule has 10 aromatic carbocycles. The summed E-state index contributed by atoms with van der Waals surface area (Å²) >= 11 is 0. The molecule has 0 amide bonds. The summed E-state index contributed by atoms with van der Waals surface area (Å²) in [4.78, 5) is 16.3. The third-order valence-corrected chi connectivity index (χ3v) is 12.5. The molecule has 0 fully saturated rings. The van der Waals surface area contributed by atoms with E-state index in [0.29, 0.717) is 17.5 Å². The van der Waals surface area contributed by atoms with Crippen molar-refractivity contribution in [3.63, 3.8) is 0 Å². The van der Waals surface area contributed by atoms with Crippen LogP contribution in [0.2, 0.25) is 0 Å². The number of hydrogen-bond acceptors (Lipinski definition) is 3. The number of nitrogens with zero attached hydrogens (tertiary/aromatic N) is 5. The quantitative estimate of drug-likeness (QED) is 0.174. The molecule has 5 nitrogen and oxygen atoms in total. The number of fused-ring (bicyclic) bond motifs is 9. The van der Waals surface area contributed by atoms with Gasteiger partial charge in [-0.2, -0.15) is 0 Å². The van der Waals surface area contributed by atoms with Crippen LogP contribution in [0.1, 0.15) is 0 Å². The van der Waals surface area contributed by atoms with Gasteiger partial charge in [-0.15, -0.1) is 0 Å². The lowest BCUT2D eigenvalue weighted by Gasteiger charge is -2.15. The van der Waals surface area contributed by atoms with Gasteiger partial charge in [-0.25, -0.2) is 15.0 Å². The van der Waals surface area contributed by atoms with Crippen molar-refractivity contribution in [3.8, 4) is 45.5 Å². The first-order valence-electron chi connectivity index (χ1n) is 21.0. The van der Waals surface area contributed by atoms with Crippen LogP contribution in [0.3, 0.4) is 0 Å². The zero-order chi connectivity index (χ0) is 40.7. The number of hydrogen-bond donors (Lipinski definition) is 0. The van der Waals surface area contributed by atoms with Gasteiger partial charge in [-0.05, 0) is 93.0 Å². The van der Waals surface area contributed by atoms with Gasteiger partial charge in [0.1, 0.15) is 0 Å². The zero-order valence-corrected chi connectivity index (χ0v) is 33.4. The van der Waals surface area contributed by atoms with Crippen LogP contribution in [0.4, 0.5) is 0 Å². The molecule has 0 aliphatic rings. The normalized spacial score (nSPS) is 11.9. The van der Waals surface area contributed by atoms with Gasteiger partial charge in [0, 0.05) is 49.6 Å². The Bertz CT molecular complexity index is 3930. The summed E-state index contributed by atoms with van der Waals surface area (Å²) in [7, 11) is 0. The van der Waals surface area contributed by atoms with Crippen molar-refractivity contribution in [2.45, 2.75) is 0 Å². The predicted molar refractivity (Wildman–Crippen MR) is 257 cm³/mol. The minimum atomic E-state index is 0.617. The van der Waals surface area contributed by atoms with Crippen molar-refractivity contribution in [2.75, 3.05) is 0 Å². The third-order valence-electron chi connectivity index (χ3n) is 12.5. The van der Waals surface area contributed by atoms with Gasteiger partial charge in [0.15, 0.2) is 17.5 Å². The first-order valence-corrected chi connectivity index (χ1v) is 21.0. The summed E-state index contributed by atoms with van der Waals surface area (Å²) in [5, 5.41) is 11.6. The summed E-state index contributed by atoms with van der Waals surface area (Å²) in [5.74, 6) is 1.86. The largest absolute Gasteiger partial charge is 0.309 e. The summed E-state index contributed by atoms with van der Waals surface area (Å²) in [5.41, 5.74) is 9.49. The number of rotatable bonds is 5. The Balaban J connectivity index is 1.11. The van der Waals surface area contributed by atoms with Gasteiger partial charge in [0.25, 0.3) is 0 Å². The lowest BCUT2D eigenvalue weighted by atomic mass is 10.0. The van der Waals surface area contributed by atoms with E-state index in [4.69, 9.17) is 15.0 Å². The van der Waals surface area contributed by atoms with Crippen molar-refractivity contribution < 1.29 is 0 Å². The molecule has 13 rings (SSSR count). The van der Waals surface area contributed by atoms with E-state index in [9.17, 15) is 0 Å². The Morgan fingerprint density at radius 3 is 1.63 bits per heavy atom. The van der Waals surface area contributed by atoms with Crippen molar-refractivity contribution >= 4 is 75.9 Å². The van der Waals surface area contributed by atoms with Crippen LogP contribution in [0, 0.1) is 0 Å². The summed E-state index contributed by atoms with van der Waals surface area (Å²) in [6.07, 6.45) is 0. The molecular weight excluding hydrogens is 755 g/mol. The fraction of sp³-hybridized carbons (Fsp3) is 0. The molecule has 5 heteroatoms. The molecule has 0 saturated carbocycles. The van der Waals surface area contributed by atoms with E-state index in [-0.39, 0.29) is 0 Å². The number of benzene rings is 10. The first-order chi connectivity index (χ1) is 30.7. The highest BCUT2D eigenvalue weighted by molar-refractivity contribution is 6.16. The highest BCUT2D eigenvalue weighted by atomic mass is 15.0. The summed E-state index contributed by atoms with van der Waals surface area (Å²) in [6, 6.07) is 75.7. The molecule has 0 aliphatic carbocycles. The SMILES string of the molecule is c1ccc(-n2c3ccccc3c3c(-c4nc(-c5ccc6ccccc6c5)nc(-c5cc(-n6c7ccccc7c7cc8ccccc8cc76)cc6ccccc56)n4)cccc32)cc1. The van der Waals surface area contributed by atoms with Gasteiger partial charge in [0.2, 0.25) is 0 Å². The van der Waals surface area contributed by atoms with E-state index in [1.165, 1.54) is 26.9 Å². The Morgan fingerprint density at radius 2 is 0.839 bits per heavy atom. The highest BCUT2D eigenvalue weighted by Gasteiger charge is 2.22. The van der Waals surface area contributed by atoms with Crippen molar-refractivity contribution in [2.24, 2.45) is 0 Å². The molecule has 0 radical (unpaired) electrons. The second-order valence-electron chi connectivity index (χ2n) is 16.0. The fourth-order valence-corrected chi connectivity index (χ4v) is 9.68. The minimum absolute atomic E-state index is 0.617. The van der Waals surface area contributed by atoms with E-state index >= 15 is 0 Å². The Hall–Kier alpha value is -8.41. The summed E-state index contributed by atoms with van der Waals surface area (Å²) in [6.45, 7) is 0. The van der Waals surface area contributed by atoms with Crippen LogP contribution in [-0.4, -0.2) is 24.1 Å². The van der Waals surface area contributed by atoms with Crippen LogP contribution in [0.25, 0.3) is 121 Å². The molecule has 3 aromatic heterocycles. The van der Waals surface area contributed by atoms with Crippen LogP contribution < -0.4 is 0 Å². The van der Waals surface area contributed by atoms with Crippen LogP contribution in [-0.2, 0) is 0 Å². The van der Waals surface area contributed by atoms with E-state index in [2.05, 4.69) is 221 Å². The standard InChI is InChI=1S/C57H35N5/c1-2-20-42(21-3-1)61-51-27-13-11-24-46(51)54-47(25-14-28-52(54)61)56-58-55(41-30-29-36-15-4-5-16-37(36)31-41)59-57(60-56)49-35-43(32-40-19-8-9-22-44(40)49)62-50-26-12-10-23-45(50)48-33-38-17-6-7-18-39(38)34-53(48)62/h1-35H. The molecular formula is C57H35N5. The molecule has 0 bridgehead atoms. The van der Waals surface area contributed by atoms with Gasteiger partial charge < -0.3 is 9.13 Å². The molecule has 0 atom stereocenters. The maximum absolute atomic E-state index is 5.50. The van der Waals surface area contributed by atoms with Gasteiger partial charge in [-0.1, -0.05) is 152 Å². The van der Waals surface area contributed by atoms with Crippen molar-refractivity contribution in [1.29, 1.82) is 0 Å². The Morgan fingerprint density at radius 1 is 0.274 bits per heavy atom. The number of para-hydroxylation sites is 3. The van der Waals surface area contributed by atoms with Gasteiger partial charge in [-0.3, -0.25) is 0 Å². The average molecular weight is 790 g/mol. The Labute approximate surface area is 356 Å². The van der Waals surface area contributed by atoms with Gasteiger partial charge >= 0.3 is 0 Å². The molecule has 0 spiro atoms. The van der Waals surface area contributed by atoms with Crippen LogP contribution in [0.5, 0.6) is 0 Å². The van der Waals surface area contributed by atoms with Crippen LogP contribution >= 0.6 is 0 Å². The molecule has 288 valence electrons. The average Bonchev–Trinajstić information content (AvgIpc) is 3.85. The van der Waals surface area contributed by atoms with Crippen molar-refractivity contribution in [3.05, 3.63) is 212 Å².